The fourth-order valence-electron chi connectivity index (χ4n) is 2.05. The lowest BCUT2D eigenvalue weighted by Gasteiger charge is -2.12. The minimum absolute atomic E-state index is 0.212. The Labute approximate surface area is 122 Å². The molecule has 0 radical (unpaired) electrons. The van der Waals surface area contributed by atoms with Crippen molar-refractivity contribution in [2.24, 2.45) is 0 Å². The molecule has 0 unspecified atom stereocenters. The van der Waals surface area contributed by atoms with Crippen LogP contribution in [-0.2, 0) is 6.42 Å². The number of hydrogen-bond acceptors (Lipinski definition) is 4. The lowest BCUT2D eigenvalue weighted by Crippen LogP contribution is -2.31. The summed E-state index contributed by atoms with van der Waals surface area (Å²) in [6.07, 6.45) is 0.585. The van der Waals surface area contributed by atoms with E-state index in [-0.39, 0.29) is 11.8 Å². The number of amides is 2. The van der Waals surface area contributed by atoms with E-state index in [9.17, 15) is 9.59 Å². The minimum atomic E-state index is -0.212. The van der Waals surface area contributed by atoms with Gasteiger partial charge in [0.15, 0.2) is 0 Å². The first kappa shape index (κ1) is 12.5. The summed E-state index contributed by atoms with van der Waals surface area (Å²) in [5, 5.41) is 2.79. The van der Waals surface area contributed by atoms with Gasteiger partial charge in [0.1, 0.15) is 4.60 Å². The normalized spacial score (nSPS) is 14.1. The van der Waals surface area contributed by atoms with Crippen molar-refractivity contribution >= 4 is 39.1 Å². The Hall–Kier alpha value is -1.53. The Morgan fingerprint density at radius 3 is 2.32 bits per heavy atom. The molecule has 0 N–H and O–H groups in total. The van der Waals surface area contributed by atoms with Gasteiger partial charge in [-0.2, -0.15) is 0 Å². The van der Waals surface area contributed by atoms with Crippen LogP contribution in [-0.4, -0.2) is 28.2 Å². The maximum Gasteiger partial charge on any atom is 0.261 e. The first-order valence-electron chi connectivity index (χ1n) is 5.72. The number of aromatic nitrogens is 1. The Bertz CT molecular complexity index is 633. The Balaban J connectivity index is 1.77. The number of imide groups is 1. The van der Waals surface area contributed by atoms with Crippen LogP contribution < -0.4 is 0 Å². The quantitative estimate of drug-likeness (QED) is 0.810. The molecular formula is C13H9BrN2O2S. The summed E-state index contributed by atoms with van der Waals surface area (Å²) in [6, 6.07) is 6.92. The van der Waals surface area contributed by atoms with Crippen molar-refractivity contribution in [3.05, 3.63) is 50.4 Å². The van der Waals surface area contributed by atoms with Crippen molar-refractivity contribution in [2.45, 2.75) is 6.42 Å². The van der Waals surface area contributed by atoms with Crippen molar-refractivity contribution in [1.29, 1.82) is 0 Å². The maximum absolute atomic E-state index is 12.1. The van der Waals surface area contributed by atoms with Crippen molar-refractivity contribution in [3.63, 3.8) is 0 Å². The summed E-state index contributed by atoms with van der Waals surface area (Å²) in [5.41, 5.74) is 0.987. The fraction of sp³-hybridized carbons (Fsp3) is 0.154. The van der Waals surface area contributed by atoms with Crippen molar-refractivity contribution < 1.29 is 9.59 Å². The molecule has 1 aromatic carbocycles. The Morgan fingerprint density at radius 2 is 1.79 bits per heavy atom. The molecule has 1 aliphatic rings. The molecule has 6 heteroatoms. The lowest BCUT2D eigenvalue weighted by atomic mass is 10.1. The summed E-state index contributed by atoms with van der Waals surface area (Å²) in [7, 11) is 0. The third kappa shape index (κ3) is 2.21. The van der Waals surface area contributed by atoms with E-state index < -0.39 is 0 Å². The molecule has 1 aliphatic heterocycles. The van der Waals surface area contributed by atoms with Crippen LogP contribution in [0.5, 0.6) is 0 Å². The Kier molecular flexibility index (Phi) is 3.20. The molecule has 0 atom stereocenters. The number of hydrogen-bond donors (Lipinski definition) is 0. The first-order chi connectivity index (χ1) is 9.16. The van der Waals surface area contributed by atoms with Gasteiger partial charge in [-0.25, -0.2) is 4.98 Å². The molecule has 0 spiro atoms. The molecule has 3 rings (SSSR count). The van der Waals surface area contributed by atoms with Gasteiger partial charge in [0, 0.05) is 18.3 Å². The van der Waals surface area contributed by atoms with Crippen molar-refractivity contribution in [2.75, 3.05) is 6.54 Å². The number of fused-ring (bicyclic) bond motifs is 1. The van der Waals surface area contributed by atoms with Gasteiger partial charge in [0.25, 0.3) is 11.8 Å². The van der Waals surface area contributed by atoms with Crippen molar-refractivity contribution in [1.82, 2.24) is 9.88 Å². The van der Waals surface area contributed by atoms with E-state index in [0.29, 0.717) is 24.1 Å². The molecule has 2 aromatic rings. The molecule has 4 nitrogen and oxygen atoms in total. The molecule has 0 saturated carbocycles. The van der Waals surface area contributed by atoms with Gasteiger partial charge < -0.3 is 0 Å². The molecule has 1 aromatic heterocycles. The molecule has 0 aliphatic carbocycles. The number of nitrogens with zero attached hydrogens (tertiary/aromatic N) is 2. The summed E-state index contributed by atoms with van der Waals surface area (Å²) in [5.74, 6) is -0.424. The van der Waals surface area contributed by atoms with Gasteiger partial charge in [0.05, 0.1) is 16.1 Å². The van der Waals surface area contributed by atoms with Gasteiger partial charge in [-0.15, -0.1) is 11.3 Å². The van der Waals surface area contributed by atoms with Crippen LogP contribution in [0.3, 0.4) is 0 Å². The highest BCUT2D eigenvalue weighted by Crippen LogP contribution is 2.23. The number of benzene rings is 1. The highest BCUT2D eigenvalue weighted by molar-refractivity contribution is 9.10. The smallest absolute Gasteiger partial charge is 0.261 e. The van der Waals surface area contributed by atoms with Crippen LogP contribution in [0.4, 0.5) is 0 Å². The second-order valence-corrected chi connectivity index (χ2v) is 5.88. The molecule has 0 saturated heterocycles. The zero-order valence-electron chi connectivity index (χ0n) is 9.80. The van der Waals surface area contributed by atoms with Crippen LogP contribution >= 0.6 is 27.3 Å². The number of carbonyl (C=O) groups excluding carboxylic acids is 2. The van der Waals surface area contributed by atoms with Crippen LogP contribution in [0, 0.1) is 0 Å². The highest BCUT2D eigenvalue weighted by atomic mass is 79.9. The number of rotatable bonds is 3. The fourth-order valence-corrected chi connectivity index (χ4v) is 3.31. The predicted octanol–water partition coefficient (Wildman–Crippen LogP) is 2.74. The van der Waals surface area contributed by atoms with E-state index >= 15 is 0 Å². The van der Waals surface area contributed by atoms with Gasteiger partial charge in [-0.1, -0.05) is 12.1 Å². The standard InChI is InChI=1S/C13H9BrN2O2S/c14-10-7-19-11(15-10)5-6-16-12(17)8-3-1-2-4-9(8)13(16)18/h1-4,7H,5-6H2. The van der Waals surface area contributed by atoms with E-state index in [2.05, 4.69) is 20.9 Å². The monoisotopic (exact) mass is 336 g/mol. The van der Waals surface area contributed by atoms with Gasteiger partial charge in [0.2, 0.25) is 0 Å². The van der Waals surface area contributed by atoms with Crippen LogP contribution in [0.15, 0.2) is 34.2 Å². The topological polar surface area (TPSA) is 50.3 Å². The van der Waals surface area contributed by atoms with E-state index in [0.717, 1.165) is 9.61 Å². The minimum Gasteiger partial charge on any atom is -0.274 e. The molecule has 0 fully saturated rings. The molecule has 0 bridgehead atoms. The third-order valence-electron chi connectivity index (χ3n) is 2.95. The number of halogens is 1. The molecule has 19 heavy (non-hydrogen) atoms. The van der Waals surface area contributed by atoms with Crippen LogP contribution in [0.1, 0.15) is 25.7 Å². The first-order valence-corrected chi connectivity index (χ1v) is 7.39. The van der Waals surface area contributed by atoms with E-state index in [4.69, 9.17) is 0 Å². The molecular weight excluding hydrogens is 328 g/mol. The van der Waals surface area contributed by atoms with E-state index in [1.54, 1.807) is 24.3 Å². The number of thiazole rings is 1. The summed E-state index contributed by atoms with van der Waals surface area (Å²) in [6.45, 7) is 0.367. The van der Waals surface area contributed by atoms with Crippen molar-refractivity contribution in [3.8, 4) is 0 Å². The van der Waals surface area contributed by atoms with Crippen LogP contribution in [0.25, 0.3) is 0 Å². The SMILES string of the molecule is O=C1c2ccccc2C(=O)N1CCc1nc(Br)cs1. The van der Waals surface area contributed by atoms with Crippen LogP contribution in [0.2, 0.25) is 0 Å². The molecule has 96 valence electrons. The third-order valence-corrected chi connectivity index (χ3v) is 4.57. The predicted molar refractivity (Wildman–Crippen MR) is 75.3 cm³/mol. The maximum atomic E-state index is 12.1. The van der Waals surface area contributed by atoms with Gasteiger partial charge in [-0.05, 0) is 28.1 Å². The molecule has 2 heterocycles. The molecule has 2 amide bonds. The second kappa shape index (κ2) is 4.86. The highest BCUT2D eigenvalue weighted by Gasteiger charge is 2.34. The lowest BCUT2D eigenvalue weighted by molar-refractivity contribution is 0.0656. The van der Waals surface area contributed by atoms with E-state index in [1.165, 1.54) is 16.2 Å². The van der Waals surface area contributed by atoms with E-state index in [1.807, 2.05) is 5.38 Å². The Morgan fingerprint density at radius 1 is 1.16 bits per heavy atom. The summed E-state index contributed by atoms with van der Waals surface area (Å²) < 4.78 is 0.787. The zero-order chi connectivity index (χ0) is 13.4. The summed E-state index contributed by atoms with van der Waals surface area (Å²) in [4.78, 5) is 29.8. The zero-order valence-corrected chi connectivity index (χ0v) is 12.2. The largest absolute Gasteiger partial charge is 0.274 e. The average Bonchev–Trinajstić information content (AvgIpc) is 2.93. The number of carbonyl (C=O) groups is 2. The van der Waals surface area contributed by atoms with Gasteiger partial charge >= 0.3 is 0 Å². The summed E-state index contributed by atoms with van der Waals surface area (Å²) >= 11 is 4.80. The van der Waals surface area contributed by atoms with Gasteiger partial charge in [-0.3, -0.25) is 14.5 Å². The second-order valence-electron chi connectivity index (χ2n) is 4.12. The average molecular weight is 337 g/mol.